The molecule has 3 nitrogen and oxygen atoms in total. The molecular formula is C13H28N2O. The number of rotatable bonds is 7. The van der Waals surface area contributed by atoms with E-state index in [0.717, 1.165) is 32.2 Å². The van der Waals surface area contributed by atoms with Crippen molar-refractivity contribution in [3.63, 3.8) is 0 Å². The van der Waals surface area contributed by atoms with Crippen LogP contribution in [0.25, 0.3) is 0 Å². The van der Waals surface area contributed by atoms with Crippen LogP contribution in [-0.2, 0) is 4.74 Å². The summed E-state index contributed by atoms with van der Waals surface area (Å²) in [6.07, 6.45) is 2.67. The summed E-state index contributed by atoms with van der Waals surface area (Å²) in [6, 6.07) is 0.680. The van der Waals surface area contributed by atoms with Gasteiger partial charge in [0, 0.05) is 19.2 Å². The van der Waals surface area contributed by atoms with E-state index in [1.807, 2.05) is 0 Å². The lowest BCUT2D eigenvalue weighted by atomic mass is 9.90. The first-order chi connectivity index (χ1) is 7.77. The molecule has 1 N–H and O–H groups in total. The van der Waals surface area contributed by atoms with Crippen molar-refractivity contribution in [1.29, 1.82) is 0 Å². The Kier molecular flexibility index (Phi) is 7.01. The van der Waals surface area contributed by atoms with Crippen LogP contribution in [0.5, 0.6) is 0 Å². The standard InChI is InChI=1S/C13H28N2O/c1-4-14-12(3)13-6-8-15(9-7-13)10-11-16-5-2/h12-14H,4-11H2,1-3H3. The highest BCUT2D eigenvalue weighted by Crippen LogP contribution is 2.20. The lowest BCUT2D eigenvalue weighted by molar-refractivity contribution is 0.0912. The van der Waals surface area contributed by atoms with Crippen molar-refractivity contribution in [2.75, 3.05) is 39.4 Å². The van der Waals surface area contributed by atoms with Crippen molar-refractivity contribution in [1.82, 2.24) is 10.2 Å². The monoisotopic (exact) mass is 228 g/mol. The van der Waals surface area contributed by atoms with Gasteiger partial charge < -0.3 is 15.0 Å². The first-order valence-electron chi connectivity index (χ1n) is 6.81. The predicted molar refractivity (Wildman–Crippen MR) is 68.8 cm³/mol. The Morgan fingerprint density at radius 2 is 2.00 bits per heavy atom. The average Bonchev–Trinajstić information content (AvgIpc) is 2.30. The summed E-state index contributed by atoms with van der Waals surface area (Å²) in [6.45, 7) is 13.0. The third-order valence-electron chi connectivity index (χ3n) is 3.62. The summed E-state index contributed by atoms with van der Waals surface area (Å²) >= 11 is 0. The highest BCUT2D eigenvalue weighted by molar-refractivity contribution is 4.79. The molecule has 1 aliphatic rings. The normalized spacial score (nSPS) is 21.2. The molecule has 0 amide bonds. The zero-order valence-electron chi connectivity index (χ0n) is 11.2. The van der Waals surface area contributed by atoms with Crippen LogP contribution in [0.15, 0.2) is 0 Å². The van der Waals surface area contributed by atoms with Crippen LogP contribution in [0.3, 0.4) is 0 Å². The van der Waals surface area contributed by atoms with E-state index in [0.29, 0.717) is 6.04 Å². The van der Waals surface area contributed by atoms with E-state index in [4.69, 9.17) is 4.74 Å². The minimum atomic E-state index is 0.680. The zero-order chi connectivity index (χ0) is 11.8. The van der Waals surface area contributed by atoms with Gasteiger partial charge in [-0.1, -0.05) is 6.92 Å². The Morgan fingerprint density at radius 3 is 2.56 bits per heavy atom. The first kappa shape index (κ1) is 13.9. The van der Waals surface area contributed by atoms with Crippen molar-refractivity contribution >= 4 is 0 Å². The molecule has 0 radical (unpaired) electrons. The lowest BCUT2D eigenvalue weighted by Crippen LogP contribution is -2.42. The van der Waals surface area contributed by atoms with E-state index in [2.05, 4.69) is 31.0 Å². The largest absolute Gasteiger partial charge is 0.380 e. The number of ether oxygens (including phenoxy) is 1. The number of nitrogens with zero attached hydrogens (tertiary/aromatic N) is 1. The molecule has 16 heavy (non-hydrogen) atoms. The zero-order valence-corrected chi connectivity index (χ0v) is 11.2. The van der Waals surface area contributed by atoms with Crippen LogP contribution < -0.4 is 5.32 Å². The molecule has 96 valence electrons. The molecule has 0 bridgehead atoms. The van der Waals surface area contributed by atoms with E-state index >= 15 is 0 Å². The highest BCUT2D eigenvalue weighted by atomic mass is 16.5. The summed E-state index contributed by atoms with van der Waals surface area (Å²) in [5.41, 5.74) is 0. The molecule has 1 atom stereocenters. The maximum absolute atomic E-state index is 5.40. The van der Waals surface area contributed by atoms with Gasteiger partial charge in [-0.3, -0.25) is 0 Å². The van der Waals surface area contributed by atoms with E-state index in [1.165, 1.54) is 25.9 Å². The Morgan fingerprint density at radius 1 is 1.31 bits per heavy atom. The molecule has 1 aliphatic heterocycles. The fourth-order valence-corrected chi connectivity index (χ4v) is 2.50. The van der Waals surface area contributed by atoms with Crippen LogP contribution in [0.4, 0.5) is 0 Å². The smallest absolute Gasteiger partial charge is 0.0593 e. The maximum Gasteiger partial charge on any atom is 0.0593 e. The van der Waals surface area contributed by atoms with Gasteiger partial charge in [-0.15, -0.1) is 0 Å². The van der Waals surface area contributed by atoms with Gasteiger partial charge in [-0.2, -0.15) is 0 Å². The first-order valence-corrected chi connectivity index (χ1v) is 6.81. The van der Waals surface area contributed by atoms with Crippen LogP contribution in [0, 0.1) is 5.92 Å². The fraction of sp³-hybridized carbons (Fsp3) is 1.00. The second-order valence-electron chi connectivity index (χ2n) is 4.72. The van der Waals surface area contributed by atoms with Gasteiger partial charge in [0.25, 0.3) is 0 Å². The topological polar surface area (TPSA) is 24.5 Å². The maximum atomic E-state index is 5.40. The summed E-state index contributed by atoms with van der Waals surface area (Å²) in [5, 5.41) is 3.54. The molecule has 0 aromatic heterocycles. The van der Waals surface area contributed by atoms with Crippen molar-refractivity contribution in [2.24, 2.45) is 5.92 Å². The molecular weight excluding hydrogens is 200 g/mol. The van der Waals surface area contributed by atoms with E-state index in [1.54, 1.807) is 0 Å². The van der Waals surface area contributed by atoms with Crippen molar-refractivity contribution in [3.8, 4) is 0 Å². The predicted octanol–water partition coefficient (Wildman–Crippen LogP) is 1.73. The van der Waals surface area contributed by atoms with Crippen LogP contribution in [0.1, 0.15) is 33.6 Å². The van der Waals surface area contributed by atoms with Crippen molar-refractivity contribution in [2.45, 2.75) is 39.7 Å². The third kappa shape index (κ3) is 4.81. The Labute approximate surface area is 101 Å². The van der Waals surface area contributed by atoms with Crippen LogP contribution in [-0.4, -0.2) is 50.3 Å². The van der Waals surface area contributed by atoms with E-state index in [-0.39, 0.29) is 0 Å². The van der Waals surface area contributed by atoms with E-state index in [9.17, 15) is 0 Å². The minimum absolute atomic E-state index is 0.680. The molecule has 1 fully saturated rings. The molecule has 1 heterocycles. The molecule has 0 aromatic rings. The Hall–Kier alpha value is -0.120. The van der Waals surface area contributed by atoms with Gasteiger partial charge in [-0.25, -0.2) is 0 Å². The average molecular weight is 228 g/mol. The number of hydrogen-bond acceptors (Lipinski definition) is 3. The number of piperidine rings is 1. The quantitative estimate of drug-likeness (QED) is 0.672. The van der Waals surface area contributed by atoms with Gasteiger partial charge in [0.05, 0.1) is 6.61 Å². The van der Waals surface area contributed by atoms with E-state index < -0.39 is 0 Å². The second-order valence-corrected chi connectivity index (χ2v) is 4.72. The summed E-state index contributed by atoms with van der Waals surface area (Å²) < 4.78 is 5.40. The Balaban J connectivity index is 2.13. The number of hydrogen-bond donors (Lipinski definition) is 1. The molecule has 0 aliphatic carbocycles. The van der Waals surface area contributed by atoms with Gasteiger partial charge in [0.1, 0.15) is 0 Å². The summed E-state index contributed by atoms with van der Waals surface area (Å²) in [4.78, 5) is 2.53. The third-order valence-corrected chi connectivity index (χ3v) is 3.62. The van der Waals surface area contributed by atoms with Crippen molar-refractivity contribution in [3.05, 3.63) is 0 Å². The minimum Gasteiger partial charge on any atom is -0.380 e. The summed E-state index contributed by atoms with van der Waals surface area (Å²) in [5.74, 6) is 0.864. The molecule has 1 rings (SSSR count). The van der Waals surface area contributed by atoms with Crippen LogP contribution >= 0.6 is 0 Å². The number of likely N-dealkylation sites (tertiary alicyclic amines) is 1. The Bertz CT molecular complexity index is 167. The SMILES string of the molecule is CCNC(C)C1CCN(CCOCC)CC1. The number of nitrogens with one attached hydrogen (secondary N) is 1. The summed E-state index contributed by atoms with van der Waals surface area (Å²) in [7, 11) is 0. The van der Waals surface area contributed by atoms with Crippen molar-refractivity contribution < 1.29 is 4.74 Å². The van der Waals surface area contributed by atoms with Crippen LogP contribution in [0.2, 0.25) is 0 Å². The molecule has 1 unspecified atom stereocenters. The second kappa shape index (κ2) is 8.04. The fourth-order valence-electron chi connectivity index (χ4n) is 2.50. The van der Waals surface area contributed by atoms with Gasteiger partial charge >= 0.3 is 0 Å². The highest BCUT2D eigenvalue weighted by Gasteiger charge is 2.22. The lowest BCUT2D eigenvalue weighted by Gasteiger charge is -2.35. The van der Waals surface area contributed by atoms with Gasteiger partial charge in [-0.05, 0) is 52.2 Å². The molecule has 0 saturated carbocycles. The van der Waals surface area contributed by atoms with Gasteiger partial charge in [0.2, 0.25) is 0 Å². The molecule has 3 heteroatoms. The van der Waals surface area contributed by atoms with Gasteiger partial charge in [0.15, 0.2) is 0 Å². The molecule has 1 saturated heterocycles. The molecule has 0 spiro atoms. The molecule has 0 aromatic carbocycles.